The van der Waals surface area contributed by atoms with Gasteiger partial charge >= 0.3 is 6.18 Å². The standard InChI is InChI=1S/C17H19F3OSi/c1-16(2,21-22)11-12-3-5-13(6-4-12)14-7-9-15(10-8-14)17(18,19)20/h3-10H,11H2,1-2,22H3. The molecule has 0 aliphatic rings. The quantitative estimate of drug-likeness (QED) is 0.773. The first kappa shape index (κ1) is 16.8. The summed E-state index contributed by atoms with van der Waals surface area (Å²) in [5.74, 6) is 0. The number of halogens is 3. The Hall–Kier alpha value is -1.59. The third-order valence-electron chi connectivity index (χ3n) is 3.68. The molecule has 118 valence electrons. The fourth-order valence-electron chi connectivity index (χ4n) is 2.23. The lowest BCUT2D eigenvalue weighted by atomic mass is 9.96. The zero-order chi connectivity index (χ0) is 16.4. The second kappa shape index (κ2) is 6.26. The van der Waals surface area contributed by atoms with Crippen molar-refractivity contribution < 1.29 is 17.6 Å². The molecule has 2 rings (SSSR count). The Kier molecular flexibility index (Phi) is 4.77. The van der Waals surface area contributed by atoms with E-state index in [1.54, 1.807) is 0 Å². The van der Waals surface area contributed by atoms with Gasteiger partial charge in [-0.05, 0) is 49.1 Å². The lowest BCUT2D eigenvalue weighted by Crippen LogP contribution is -2.26. The molecular weight excluding hydrogens is 305 g/mol. The van der Waals surface area contributed by atoms with E-state index in [0.717, 1.165) is 35.2 Å². The lowest BCUT2D eigenvalue weighted by molar-refractivity contribution is -0.137. The summed E-state index contributed by atoms with van der Waals surface area (Å²) in [6, 6.07) is 13.1. The Morgan fingerprint density at radius 2 is 1.32 bits per heavy atom. The third kappa shape index (κ3) is 4.21. The molecule has 0 radical (unpaired) electrons. The number of hydrogen-bond acceptors (Lipinski definition) is 1. The second-order valence-corrected chi connectivity index (χ2v) is 6.32. The molecule has 0 atom stereocenters. The molecule has 0 saturated heterocycles. The Morgan fingerprint density at radius 1 is 0.864 bits per heavy atom. The van der Waals surface area contributed by atoms with Crippen molar-refractivity contribution in [3.63, 3.8) is 0 Å². The molecule has 0 saturated carbocycles. The maximum absolute atomic E-state index is 12.6. The molecule has 0 bridgehead atoms. The fraction of sp³-hybridized carbons (Fsp3) is 0.294. The summed E-state index contributed by atoms with van der Waals surface area (Å²) in [6.45, 7) is 4.09. The molecular formula is C17H19F3OSi. The van der Waals surface area contributed by atoms with Crippen LogP contribution in [-0.4, -0.2) is 16.1 Å². The largest absolute Gasteiger partial charge is 0.423 e. The van der Waals surface area contributed by atoms with Crippen molar-refractivity contribution >= 4 is 10.5 Å². The van der Waals surface area contributed by atoms with Crippen LogP contribution in [0, 0.1) is 0 Å². The predicted octanol–water partition coefficient (Wildman–Crippen LogP) is 3.99. The first-order chi connectivity index (χ1) is 10.2. The summed E-state index contributed by atoms with van der Waals surface area (Å²) < 4.78 is 43.2. The summed E-state index contributed by atoms with van der Waals surface area (Å²) >= 11 is 0. The average Bonchev–Trinajstić information content (AvgIpc) is 2.47. The van der Waals surface area contributed by atoms with Gasteiger partial charge in [0.1, 0.15) is 10.5 Å². The minimum Gasteiger partial charge on any atom is -0.423 e. The Morgan fingerprint density at radius 3 is 1.73 bits per heavy atom. The molecule has 0 amide bonds. The van der Waals surface area contributed by atoms with Crippen LogP contribution in [0.5, 0.6) is 0 Å². The maximum atomic E-state index is 12.6. The van der Waals surface area contributed by atoms with Gasteiger partial charge in [0.15, 0.2) is 0 Å². The molecule has 5 heteroatoms. The molecule has 0 heterocycles. The first-order valence-electron chi connectivity index (χ1n) is 7.03. The van der Waals surface area contributed by atoms with Crippen LogP contribution in [0.25, 0.3) is 11.1 Å². The van der Waals surface area contributed by atoms with Gasteiger partial charge in [0.05, 0.1) is 11.2 Å². The summed E-state index contributed by atoms with van der Waals surface area (Å²) in [5, 5.41) is 0. The van der Waals surface area contributed by atoms with Crippen LogP contribution in [0.1, 0.15) is 25.0 Å². The lowest BCUT2D eigenvalue weighted by Gasteiger charge is -2.23. The molecule has 2 aromatic carbocycles. The van der Waals surface area contributed by atoms with Crippen molar-refractivity contribution in [3.8, 4) is 11.1 Å². The molecule has 0 N–H and O–H groups in total. The third-order valence-corrected chi connectivity index (χ3v) is 4.79. The molecule has 0 spiro atoms. The van der Waals surface area contributed by atoms with Gasteiger partial charge in [-0.1, -0.05) is 36.4 Å². The number of hydrogen-bond donors (Lipinski definition) is 0. The monoisotopic (exact) mass is 324 g/mol. The van der Waals surface area contributed by atoms with Gasteiger partial charge in [-0.2, -0.15) is 13.2 Å². The highest BCUT2D eigenvalue weighted by molar-refractivity contribution is 5.98. The smallest absolute Gasteiger partial charge is 0.416 e. The normalized spacial score (nSPS) is 12.6. The molecule has 22 heavy (non-hydrogen) atoms. The van der Waals surface area contributed by atoms with Crippen LogP contribution in [0.3, 0.4) is 0 Å². The van der Waals surface area contributed by atoms with E-state index in [4.69, 9.17) is 4.43 Å². The van der Waals surface area contributed by atoms with Gasteiger partial charge in [-0.3, -0.25) is 0 Å². The SMILES string of the molecule is CC(C)(Cc1ccc(-c2ccc(C(F)(F)F)cc2)cc1)O[SiH3]. The van der Waals surface area contributed by atoms with Crippen LogP contribution >= 0.6 is 0 Å². The molecule has 0 aromatic heterocycles. The van der Waals surface area contributed by atoms with Crippen LogP contribution in [0.2, 0.25) is 0 Å². The zero-order valence-corrected chi connectivity index (χ0v) is 14.9. The van der Waals surface area contributed by atoms with E-state index in [0.29, 0.717) is 10.5 Å². The van der Waals surface area contributed by atoms with Gasteiger partial charge in [0, 0.05) is 0 Å². The Balaban J connectivity index is 2.17. The van der Waals surface area contributed by atoms with Gasteiger partial charge < -0.3 is 4.43 Å². The Bertz CT molecular complexity index is 616. The van der Waals surface area contributed by atoms with Crippen LogP contribution in [-0.2, 0) is 17.0 Å². The van der Waals surface area contributed by atoms with E-state index < -0.39 is 11.7 Å². The van der Waals surface area contributed by atoms with Gasteiger partial charge in [-0.25, -0.2) is 0 Å². The van der Waals surface area contributed by atoms with Crippen molar-refractivity contribution in [1.82, 2.24) is 0 Å². The second-order valence-electron chi connectivity index (χ2n) is 5.91. The van der Waals surface area contributed by atoms with Crippen LogP contribution in [0.4, 0.5) is 13.2 Å². The van der Waals surface area contributed by atoms with Crippen molar-refractivity contribution in [3.05, 3.63) is 59.7 Å². The first-order valence-corrected chi connectivity index (χ1v) is 7.85. The van der Waals surface area contributed by atoms with E-state index in [-0.39, 0.29) is 5.60 Å². The molecule has 1 nitrogen and oxygen atoms in total. The van der Waals surface area contributed by atoms with Crippen molar-refractivity contribution in [2.75, 3.05) is 0 Å². The van der Waals surface area contributed by atoms with Gasteiger partial charge in [-0.15, -0.1) is 0 Å². The van der Waals surface area contributed by atoms with E-state index in [1.807, 2.05) is 38.1 Å². The highest BCUT2D eigenvalue weighted by Crippen LogP contribution is 2.31. The zero-order valence-electron chi connectivity index (χ0n) is 12.9. The minimum absolute atomic E-state index is 0.178. The molecule has 0 aliphatic heterocycles. The predicted molar refractivity (Wildman–Crippen MR) is 85.7 cm³/mol. The average molecular weight is 324 g/mol. The van der Waals surface area contributed by atoms with Crippen molar-refractivity contribution in [1.29, 1.82) is 0 Å². The highest BCUT2D eigenvalue weighted by atomic mass is 28.2. The molecule has 0 fully saturated rings. The molecule has 2 aromatic rings. The molecule has 0 unspecified atom stereocenters. The van der Waals surface area contributed by atoms with Crippen molar-refractivity contribution in [2.24, 2.45) is 0 Å². The highest BCUT2D eigenvalue weighted by Gasteiger charge is 2.29. The van der Waals surface area contributed by atoms with Crippen LogP contribution < -0.4 is 0 Å². The summed E-state index contributed by atoms with van der Waals surface area (Å²) in [4.78, 5) is 0. The van der Waals surface area contributed by atoms with E-state index in [1.165, 1.54) is 12.1 Å². The maximum Gasteiger partial charge on any atom is 0.416 e. The van der Waals surface area contributed by atoms with Gasteiger partial charge in [0.2, 0.25) is 0 Å². The summed E-state index contributed by atoms with van der Waals surface area (Å²) in [7, 11) is 0.690. The number of rotatable bonds is 4. The fourth-order valence-corrected chi connectivity index (χ4v) is 2.37. The molecule has 0 aliphatic carbocycles. The van der Waals surface area contributed by atoms with E-state index >= 15 is 0 Å². The van der Waals surface area contributed by atoms with Crippen LogP contribution in [0.15, 0.2) is 48.5 Å². The van der Waals surface area contributed by atoms with Crippen molar-refractivity contribution in [2.45, 2.75) is 32.0 Å². The summed E-state index contributed by atoms with van der Waals surface area (Å²) in [5.41, 5.74) is 2.03. The van der Waals surface area contributed by atoms with E-state index in [2.05, 4.69) is 0 Å². The summed E-state index contributed by atoms with van der Waals surface area (Å²) in [6.07, 6.45) is -3.48. The Labute approximate surface area is 131 Å². The van der Waals surface area contributed by atoms with Gasteiger partial charge in [0.25, 0.3) is 0 Å². The minimum atomic E-state index is -4.29. The number of alkyl halides is 3. The number of benzene rings is 2. The topological polar surface area (TPSA) is 9.23 Å². The van der Waals surface area contributed by atoms with E-state index in [9.17, 15) is 13.2 Å².